The van der Waals surface area contributed by atoms with Crippen molar-refractivity contribution in [3.63, 3.8) is 0 Å². The van der Waals surface area contributed by atoms with Crippen molar-refractivity contribution in [1.82, 2.24) is 14.7 Å². The topological polar surface area (TPSA) is 50.5 Å². The predicted molar refractivity (Wildman–Crippen MR) is 137 cm³/mol. The SMILES string of the molecule is CC(C)CN(Cc1c(-c2ccccc2)nn(C)c1Oc1ccccc1F)CC(O)c1ccccc1. The van der Waals surface area contributed by atoms with Gasteiger partial charge in [-0.05, 0) is 23.6 Å². The Bertz CT molecular complexity index is 1230. The number of aliphatic hydroxyl groups is 1. The lowest BCUT2D eigenvalue weighted by molar-refractivity contribution is 0.101. The minimum Gasteiger partial charge on any atom is -0.436 e. The molecule has 0 bridgehead atoms. The van der Waals surface area contributed by atoms with Gasteiger partial charge < -0.3 is 9.84 Å². The van der Waals surface area contributed by atoms with Gasteiger partial charge in [-0.25, -0.2) is 9.07 Å². The van der Waals surface area contributed by atoms with E-state index in [1.165, 1.54) is 6.07 Å². The summed E-state index contributed by atoms with van der Waals surface area (Å²) in [6.07, 6.45) is -0.636. The monoisotopic (exact) mass is 473 g/mol. The van der Waals surface area contributed by atoms with Crippen LogP contribution in [-0.2, 0) is 13.6 Å². The Morgan fingerprint density at radius 2 is 1.54 bits per heavy atom. The average Bonchev–Trinajstić information content (AvgIpc) is 3.16. The lowest BCUT2D eigenvalue weighted by atomic mass is 10.1. The molecule has 0 amide bonds. The van der Waals surface area contributed by atoms with E-state index in [0.717, 1.165) is 28.9 Å². The summed E-state index contributed by atoms with van der Waals surface area (Å²) >= 11 is 0. The Balaban J connectivity index is 1.72. The molecule has 1 atom stereocenters. The van der Waals surface area contributed by atoms with Crippen molar-refractivity contribution in [3.8, 4) is 22.9 Å². The molecule has 1 N–H and O–H groups in total. The molecule has 0 radical (unpaired) electrons. The van der Waals surface area contributed by atoms with Crippen LogP contribution in [0.2, 0.25) is 0 Å². The largest absolute Gasteiger partial charge is 0.436 e. The van der Waals surface area contributed by atoms with E-state index in [1.54, 1.807) is 29.9 Å². The maximum Gasteiger partial charge on any atom is 0.222 e. The molecule has 0 saturated carbocycles. The van der Waals surface area contributed by atoms with E-state index in [4.69, 9.17) is 9.84 Å². The van der Waals surface area contributed by atoms with Gasteiger partial charge in [0.15, 0.2) is 11.6 Å². The fraction of sp³-hybridized carbons (Fsp3) is 0.276. The first-order chi connectivity index (χ1) is 16.9. The highest BCUT2D eigenvalue weighted by Gasteiger charge is 2.24. The minimum atomic E-state index is -0.636. The first kappa shape index (κ1) is 24.6. The molecule has 3 aromatic carbocycles. The molecular formula is C29H32FN3O2. The molecule has 0 aliphatic carbocycles. The van der Waals surface area contributed by atoms with Crippen LogP contribution in [0.15, 0.2) is 84.9 Å². The average molecular weight is 474 g/mol. The van der Waals surface area contributed by atoms with Gasteiger partial charge in [-0.2, -0.15) is 5.10 Å². The van der Waals surface area contributed by atoms with Crippen molar-refractivity contribution in [3.05, 3.63) is 102 Å². The number of aliphatic hydroxyl groups excluding tert-OH is 1. The van der Waals surface area contributed by atoms with Crippen molar-refractivity contribution in [2.24, 2.45) is 13.0 Å². The Labute approximate surface area is 206 Å². The standard InChI is InChI=1S/C29H32FN3O2/c1-21(2)18-33(20-26(34)22-12-6-4-7-13-22)19-24-28(23-14-8-5-9-15-23)31-32(3)29(24)35-27-17-11-10-16-25(27)30/h4-17,21,26,34H,18-20H2,1-3H3. The van der Waals surface area contributed by atoms with Crippen LogP contribution in [0.5, 0.6) is 11.6 Å². The van der Waals surface area contributed by atoms with Crippen LogP contribution in [0, 0.1) is 11.7 Å². The van der Waals surface area contributed by atoms with Gasteiger partial charge in [0.1, 0.15) is 5.69 Å². The second kappa shape index (κ2) is 11.3. The molecule has 0 saturated heterocycles. The molecule has 0 aliphatic heterocycles. The van der Waals surface area contributed by atoms with E-state index >= 15 is 0 Å². The second-order valence-corrected chi connectivity index (χ2v) is 9.17. The molecule has 6 heteroatoms. The van der Waals surface area contributed by atoms with Crippen molar-refractivity contribution < 1.29 is 14.2 Å². The maximum atomic E-state index is 14.5. The Kier molecular flexibility index (Phi) is 7.95. The fourth-order valence-corrected chi connectivity index (χ4v) is 4.25. The number of hydrogen-bond donors (Lipinski definition) is 1. The molecule has 1 heterocycles. The number of ether oxygens (including phenoxy) is 1. The van der Waals surface area contributed by atoms with Gasteiger partial charge in [-0.15, -0.1) is 0 Å². The zero-order valence-corrected chi connectivity index (χ0v) is 20.4. The van der Waals surface area contributed by atoms with E-state index < -0.39 is 11.9 Å². The summed E-state index contributed by atoms with van der Waals surface area (Å²) in [6, 6.07) is 26.0. The summed E-state index contributed by atoms with van der Waals surface area (Å²) in [7, 11) is 1.80. The number of para-hydroxylation sites is 1. The third kappa shape index (κ3) is 6.15. The normalized spacial score (nSPS) is 12.3. The molecular weight excluding hydrogens is 441 g/mol. The van der Waals surface area contributed by atoms with Gasteiger partial charge in [0, 0.05) is 32.2 Å². The van der Waals surface area contributed by atoms with Crippen LogP contribution in [0.4, 0.5) is 4.39 Å². The highest BCUT2D eigenvalue weighted by molar-refractivity contribution is 5.65. The first-order valence-electron chi connectivity index (χ1n) is 11.9. The third-order valence-corrected chi connectivity index (χ3v) is 5.80. The van der Waals surface area contributed by atoms with E-state index in [0.29, 0.717) is 24.9 Å². The van der Waals surface area contributed by atoms with E-state index in [1.807, 2.05) is 60.7 Å². The quantitative estimate of drug-likeness (QED) is 0.298. The minimum absolute atomic E-state index is 0.149. The molecule has 4 aromatic rings. The number of hydrogen-bond acceptors (Lipinski definition) is 4. The fourth-order valence-electron chi connectivity index (χ4n) is 4.25. The molecule has 5 nitrogen and oxygen atoms in total. The van der Waals surface area contributed by atoms with Crippen LogP contribution in [-0.4, -0.2) is 32.9 Å². The maximum absolute atomic E-state index is 14.5. The van der Waals surface area contributed by atoms with Crippen molar-refractivity contribution in [2.75, 3.05) is 13.1 Å². The third-order valence-electron chi connectivity index (χ3n) is 5.80. The van der Waals surface area contributed by atoms with Gasteiger partial charge in [0.2, 0.25) is 5.88 Å². The predicted octanol–water partition coefficient (Wildman–Crippen LogP) is 6.21. The molecule has 0 spiro atoms. The number of nitrogens with zero attached hydrogens (tertiary/aromatic N) is 3. The highest BCUT2D eigenvalue weighted by atomic mass is 19.1. The summed E-state index contributed by atoms with van der Waals surface area (Å²) in [5, 5.41) is 15.7. The van der Waals surface area contributed by atoms with Crippen molar-refractivity contribution >= 4 is 0 Å². The van der Waals surface area contributed by atoms with Gasteiger partial charge in [0.25, 0.3) is 0 Å². The van der Waals surface area contributed by atoms with Crippen molar-refractivity contribution in [2.45, 2.75) is 26.5 Å². The lowest BCUT2D eigenvalue weighted by Gasteiger charge is -2.27. The molecule has 35 heavy (non-hydrogen) atoms. The Morgan fingerprint density at radius 3 is 2.20 bits per heavy atom. The summed E-state index contributed by atoms with van der Waals surface area (Å²) < 4.78 is 22.2. The van der Waals surface area contributed by atoms with Crippen LogP contribution >= 0.6 is 0 Å². The van der Waals surface area contributed by atoms with E-state index in [9.17, 15) is 9.50 Å². The second-order valence-electron chi connectivity index (χ2n) is 9.17. The van der Waals surface area contributed by atoms with Gasteiger partial charge in [0.05, 0.1) is 11.7 Å². The number of aryl methyl sites for hydroxylation is 1. The van der Waals surface area contributed by atoms with Crippen LogP contribution in [0.3, 0.4) is 0 Å². The first-order valence-corrected chi connectivity index (χ1v) is 11.9. The summed E-state index contributed by atoms with van der Waals surface area (Å²) in [4.78, 5) is 2.21. The molecule has 1 aromatic heterocycles. The number of aromatic nitrogens is 2. The van der Waals surface area contributed by atoms with E-state index in [-0.39, 0.29) is 5.75 Å². The zero-order chi connectivity index (χ0) is 24.8. The zero-order valence-electron chi connectivity index (χ0n) is 20.4. The van der Waals surface area contributed by atoms with Gasteiger partial charge in [-0.1, -0.05) is 86.6 Å². The van der Waals surface area contributed by atoms with E-state index in [2.05, 4.69) is 18.7 Å². The summed E-state index contributed by atoms with van der Waals surface area (Å²) in [6.45, 7) is 6.01. The van der Waals surface area contributed by atoms with Crippen LogP contribution in [0.25, 0.3) is 11.3 Å². The van der Waals surface area contributed by atoms with Crippen LogP contribution < -0.4 is 4.74 Å². The summed E-state index contributed by atoms with van der Waals surface area (Å²) in [5.41, 5.74) is 3.46. The molecule has 182 valence electrons. The number of halogens is 1. The number of benzene rings is 3. The highest BCUT2D eigenvalue weighted by Crippen LogP contribution is 2.35. The number of rotatable bonds is 10. The van der Waals surface area contributed by atoms with Crippen LogP contribution in [0.1, 0.15) is 31.1 Å². The Hall–Kier alpha value is -3.48. The summed E-state index contributed by atoms with van der Waals surface area (Å²) in [5.74, 6) is 0.582. The smallest absolute Gasteiger partial charge is 0.222 e. The molecule has 1 unspecified atom stereocenters. The van der Waals surface area contributed by atoms with Gasteiger partial charge >= 0.3 is 0 Å². The van der Waals surface area contributed by atoms with Gasteiger partial charge in [-0.3, -0.25) is 4.90 Å². The molecule has 0 aliphatic rings. The molecule has 0 fully saturated rings. The van der Waals surface area contributed by atoms with Crippen molar-refractivity contribution in [1.29, 1.82) is 0 Å². The Morgan fingerprint density at radius 1 is 0.914 bits per heavy atom. The lowest BCUT2D eigenvalue weighted by Crippen LogP contribution is -2.32. The molecule has 4 rings (SSSR count).